The summed E-state index contributed by atoms with van der Waals surface area (Å²) >= 11 is 3.44. The topological polar surface area (TPSA) is 106 Å². The highest BCUT2D eigenvalue weighted by Crippen LogP contribution is 2.39. The van der Waals surface area contributed by atoms with Crippen LogP contribution in [0.1, 0.15) is 43.1 Å². The fourth-order valence-corrected chi connectivity index (χ4v) is 4.77. The van der Waals surface area contributed by atoms with E-state index in [1.54, 1.807) is 0 Å². The van der Waals surface area contributed by atoms with Gasteiger partial charge < -0.3 is 4.52 Å². The third-order valence-corrected chi connectivity index (χ3v) is 7.59. The summed E-state index contributed by atoms with van der Waals surface area (Å²) in [6.07, 6.45) is 0.590. The SMILES string of the molecule is CC(C)(C[C@H](Cc1nc(C#N)ccc1F)c1ccccc1-c1noc2cc(Br)ccc12)S(N)=O. The zero-order valence-corrected chi connectivity index (χ0v) is 21.0. The highest BCUT2D eigenvalue weighted by molar-refractivity contribution is 9.10. The molecule has 174 valence electrons. The van der Waals surface area contributed by atoms with Crippen LogP contribution in [0, 0.1) is 17.1 Å². The fraction of sp³-hybridized carbons (Fsp3) is 0.240. The summed E-state index contributed by atoms with van der Waals surface area (Å²) in [5, 5.41) is 20.2. The van der Waals surface area contributed by atoms with Crippen molar-refractivity contribution in [1.82, 2.24) is 10.1 Å². The van der Waals surface area contributed by atoms with Gasteiger partial charge in [0.2, 0.25) is 0 Å². The molecule has 2 N–H and O–H groups in total. The van der Waals surface area contributed by atoms with Crippen LogP contribution in [0.25, 0.3) is 22.2 Å². The van der Waals surface area contributed by atoms with E-state index in [0.29, 0.717) is 17.7 Å². The van der Waals surface area contributed by atoms with Crippen molar-refractivity contribution in [3.8, 4) is 17.3 Å². The number of hydrogen-bond donors (Lipinski definition) is 1. The molecule has 0 bridgehead atoms. The van der Waals surface area contributed by atoms with Crippen LogP contribution in [-0.2, 0) is 17.4 Å². The molecular formula is C25H22BrFN4O2S. The molecule has 0 aliphatic rings. The summed E-state index contributed by atoms with van der Waals surface area (Å²) < 4.78 is 32.7. The Morgan fingerprint density at radius 1 is 1.24 bits per heavy atom. The van der Waals surface area contributed by atoms with E-state index in [2.05, 4.69) is 26.1 Å². The standard InChI is InChI=1S/C25H22BrFN4O2S/c1-25(2,34(29)32)13-15(11-22-21(27)10-8-17(14-28)30-22)18-5-3-4-6-19(18)24-20-9-7-16(26)12-23(20)33-31-24/h3-10,12,15H,11,13,29H2,1-2H3/t15-,34?/m0/s1. The first-order valence-electron chi connectivity index (χ1n) is 10.6. The van der Waals surface area contributed by atoms with Crippen molar-refractivity contribution in [2.45, 2.75) is 37.4 Å². The second-order valence-corrected chi connectivity index (χ2v) is 11.3. The van der Waals surface area contributed by atoms with Crippen molar-refractivity contribution in [3.63, 3.8) is 0 Å². The van der Waals surface area contributed by atoms with E-state index < -0.39 is 21.5 Å². The Kier molecular flexibility index (Phi) is 6.94. The number of hydrogen-bond acceptors (Lipinski definition) is 5. The predicted octanol–water partition coefficient (Wildman–Crippen LogP) is 5.78. The van der Waals surface area contributed by atoms with Crippen LogP contribution in [-0.4, -0.2) is 19.1 Å². The second-order valence-electron chi connectivity index (χ2n) is 8.66. The molecule has 2 aromatic heterocycles. The Balaban J connectivity index is 1.85. The number of halogens is 2. The predicted molar refractivity (Wildman–Crippen MR) is 134 cm³/mol. The summed E-state index contributed by atoms with van der Waals surface area (Å²) in [6.45, 7) is 3.63. The molecule has 6 nitrogen and oxygen atoms in total. The third-order valence-electron chi connectivity index (χ3n) is 5.85. The van der Waals surface area contributed by atoms with Gasteiger partial charge in [0.25, 0.3) is 0 Å². The largest absolute Gasteiger partial charge is 0.356 e. The number of aromatic nitrogens is 2. The molecular weight excluding hydrogens is 519 g/mol. The van der Waals surface area contributed by atoms with Gasteiger partial charge >= 0.3 is 0 Å². The van der Waals surface area contributed by atoms with Crippen LogP contribution in [0.5, 0.6) is 0 Å². The lowest BCUT2D eigenvalue weighted by molar-refractivity contribution is 0.458. The summed E-state index contributed by atoms with van der Waals surface area (Å²) in [6, 6.07) is 17.9. The first kappa shape index (κ1) is 24.2. The Bertz CT molecular complexity index is 1430. The van der Waals surface area contributed by atoms with Gasteiger partial charge in [-0.05, 0) is 68.5 Å². The maximum atomic E-state index is 14.7. The van der Waals surface area contributed by atoms with Gasteiger partial charge in [-0.15, -0.1) is 0 Å². The molecule has 4 rings (SSSR count). The number of nitrogens with two attached hydrogens (primary N) is 1. The second kappa shape index (κ2) is 9.74. The molecule has 0 saturated heterocycles. The molecule has 0 aliphatic carbocycles. The minimum Gasteiger partial charge on any atom is -0.356 e. The highest BCUT2D eigenvalue weighted by Gasteiger charge is 2.31. The van der Waals surface area contributed by atoms with Crippen LogP contribution in [0.15, 0.2) is 63.6 Å². The molecule has 4 aromatic rings. The van der Waals surface area contributed by atoms with Gasteiger partial charge in [0, 0.05) is 15.4 Å². The Labute approximate surface area is 207 Å². The van der Waals surface area contributed by atoms with Crippen molar-refractivity contribution >= 4 is 37.9 Å². The molecule has 2 atom stereocenters. The van der Waals surface area contributed by atoms with E-state index in [0.717, 1.165) is 21.0 Å². The normalized spacial score (nSPS) is 13.5. The van der Waals surface area contributed by atoms with Crippen LogP contribution in [0.4, 0.5) is 4.39 Å². The van der Waals surface area contributed by atoms with Gasteiger partial charge in [-0.25, -0.2) is 13.6 Å². The summed E-state index contributed by atoms with van der Waals surface area (Å²) in [7, 11) is -1.61. The maximum Gasteiger partial charge on any atom is 0.168 e. The van der Waals surface area contributed by atoms with Gasteiger partial charge in [0.05, 0.1) is 21.4 Å². The summed E-state index contributed by atoms with van der Waals surface area (Å²) in [4.78, 5) is 4.20. The average Bonchev–Trinajstić information content (AvgIpc) is 3.22. The lowest BCUT2D eigenvalue weighted by atomic mass is 9.82. The molecule has 9 heteroatoms. The molecule has 0 fully saturated rings. The first-order valence-corrected chi connectivity index (χ1v) is 12.6. The summed E-state index contributed by atoms with van der Waals surface area (Å²) in [5.74, 6) is -0.804. The Morgan fingerprint density at radius 2 is 2.00 bits per heavy atom. The molecule has 1 unspecified atom stereocenters. The van der Waals surface area contributed by atoms with Crippen molar-refractivity contribution in [2.24, 2.45) is 5.14 Å². The van der Waals surface area contributed by atoms with E-state index >= 15 is 0 Å². The minimum absolute atomic E-state index is 0.137. The van der Waals surface area contributed by atoms with E-state index in [9.17, 15) is 13.9 Å². The molecule has 34 heavy (non-hydrogen) atoms. The van der Waals surface area contributed by atoms with Gasteiger partial charge in [0.15, 0.2) is 5.58 Å². The maximum absolute atomic E-state index is 14.7. The monoisotopic (exact) mass is 540 g/mol. The first-order chi connectivity index (χ1) is 16.2. The minimum atomic E-state index is -1.61. The van der Waals surface area contributed by atoms with Crippen LogP contribution in [0.2, 0.25) is 0 Å². The van der Waals surface area contributed by atoms with Crippen molar-refractivity contribution in [1.29, 1.82) is 5.26 Å². The van der Waals surface area contributed by atoms with Crippen molar-refractivity contribution in [2.75, 3.05) is 0 Å². The van der Waals surface area contributed by atoms with E-state index in [4.69, 9.17) is 9.66 Å². The zero-order valence-electron chi connectivity index (χ0n) is 18.6. The molecule has 2 heterocycles. The van der Waals surface area contributed by atoms with Gasteiger partial charge in [-0.2, -0.15) is 5.26 Å². The van der Waals surface area contributed by atoms with Crippen LogP contribution < -0.4 is 5.14 Å². The molecule has 2 aromatic carbocycles. The summed E-state index contributed by atoms with van der Waals surface area (Å²) in [5.41, 5.74) is 3.30. The van der Waals surface area contributed by atoms with Gasteiger partial charge in [-0.3, -0.25) is 5.14 Å². The average molecular weight is 541 g/mol. The van der Waals surface area contributed by atoms with E-state index in [1.165, 1.54) is 12.1 Å². The number of fused-ring (bicyclic) bond motifs is 1. The molecule has 0 aliphatic heterocycles. The van der Waals surface area contributed by atoms with Crippen molar-refractivity contribution in [3.05, 3.63) is 81.8 Å². The quantitative estimate of drug-likeness (QED) is 0.319. The Hall–Kier alpha value is -2.93. The lowest BCUT2D eigenvalue weighted by Crippen LogP contribution is -2.34. The molecule has 0 spiro atoms. The molecule has 0 amide bonds. The Morgan fingerprint density at radius 3 is 2.74 bits per heavy atom. The number of benzene rings is 2. The number of rotatable bonds is 7. The lowest BCUT2D eigenvalue weighted by Gasteiger charge is -2.29. The zero-order chi connectivity index (χ0) is 24.5. The molecule has 0 radical (unpaired) electrons. The highest BCUT2D eigenvalue weighted by atomic mass is 79.9. The third kappa shape index (κ3) is 4.94. The van der Waals surface area contributed by atoms with Crippen molar-refractivity contribution < 1.29 is 13.1 Å². The number of nitrogens with zero attached hydrogens (tertiary/aromatic N) is 3. The van der Waals surface area contributed by atoms with Crippen LogP contribution >= 0.6 is 15.9 Å². The number of nitriles is 1. The van der Waals surface area contributed by atoms with E-state index in [-0.39, 0.29) is 23.7 Å². The van der Waals surface area contributed by atoms with Crippen LogP contribution in [0.3, 0.4) is 0 Å². The fourth-order valence-electron chi connectivity index (χ4n) is 4.07. The van der Waals surface area contributed by atoms with E-state index in [1.807, 2.05) is 62.4 Å². The van der Waals surface area contributed by atoms with Gasteiger partial charge in [0.1, 0.15) is 23.3 Å². The van der Waals surface area contributed by atoms with Gasteiger partial charge in [-0.1, -0.05) is 45.4 Å². The molecule has 0 saturated carbocycles. The number of pyridine rings is 1. The smallest absolute Gasteiger partial charge is 0.168 e.